The molecule has 0 spiro atoms. The summed E-state index contributed by atoms with van der Waals surface area (Å²) in [7, 11) is 1.44. The van der Waals surface area contributed by atoms with Crippen molar-refractivity contribution in [2.75, 3.05) is 7.05 Å². The van der Waals surface area contributed by atoms with Gasteiger partial charge in [0.15, 0.2) is 0 Å². The number of rotatable bonds is 1. The van der Waals surface area contributed by atoms with Gasteiger partial charge in [-0.05, 0) is 12.1 Å². The third-order valence-corrected chi connectivity index (χ3v) is 1.38. The molecule has 1 rings (SSSR count). The van der Waals surface area contributed by atoms with Crippen LogP contribution >= 0.6 is 0 Å². The van der Waals surface area contributed by atoms with Crippen LogP contribution in [0.4, 0.5) is 4.79 Å². The van der Waals surface area contributed by atoms with Gasteiger partial charge in [-0.2, -0.15) is 0 Å². The number of hydrogen-bond acceptors (Lipinski definition) is 3. The van der Waals surface area contributed by atoms with Crippen molar-refractivity contribution in [3.8, 4) is 0 Å². The van der Waals surface area contributed by atoms with Crippen LogP contribution in [0.15, 0.2) is 24.5 Å². The highest BCUT2D eigenvalue weighted by atomic mass is 16.2. The highest BCUT2D eigenvalue weighted by molar-refractivity contribution is 6.03. The fourth-order valence-corrected chi connectivity index (χ4v) is 0.735. The summed E-state index contributed by atoms with van der Waals surface area (Å²) >= 11 is 0. The number of nitrogens with zero attached hydrogens (tertiary/aromatic N) is 1. The first-order chi connectivity index (χ1) is 6.24. The lowest BCUT2D eigenvalue weighted by Gasteiger charge is -2.01. The molecule has 0 aliphatic carbocycles. The fourth-order valence-electron chi connectivity index (χ4n) is 0.735. The smallest absolute Gasteiger partial charge is 0.321 e. The van der Waals surface area contributed by atoms with Crippen LogP contribution in [0, 0.1) is 0 Å². The van der Waals surface area contributed by atoms with Gasteiger partial charge in [0.25, 0.3) is 5.91 Å². The van der Waals surface area contributed by atoms with E-state index in [9.17, 15) is 9.59 Å². The Morgan fingerprint density at radius 3 is 2.77 bits per heavy atom. The fraction of sp³-hybridized carbons (Fsp3) is 0.125. The summed E-state index contributed by atoms with van der Waals surface area (Å²) < 4.78 is 0. The molecule has 3 amide bonds. The molecule has 1 aromatic rings. The first kappa shape index (κ1) is 9.18. The summed E-state index contributed by atoms with van der Waals surface area (Å²) in [5, 5.41) is 4.39. The van der Waals surface area contributed by atoms with Crippen molar-refractivity contribution >= 4 is 11.9 Å². The van der Waals surface area contributed by atoms with Crippen LogP contribution in [-0.4, -0.2) is 24.0 Å². The Morgan fingerprint density at radius 1 is 1.46 bits per heavy atom. The molecule has 0 aliphatic heterocycles. The lowest BCUT2D eigenvalue weighted by molar-refractivity contribution is 0.0964. The number of carbonyl (C=O) groups excluding carboxylic acids is 2. The van der Waals surface area contributed by atoms with Crippen molar-refractivity contribution in [1.82, 2.24) is 15.6 Å². The molecule has 68 valence electrons. The molecule has 1 aromatic heterocycles. The minimum Gasteiger partial charge on any atom is -0.341 e. The minimum atomic E-state index is -0.533. The maximum Gasteiger partial charge on any atom is 0.321 e. The quantitative estimate of drug-likeness (QED) is 0.644. The first-order valence-electron chi connectivity index (χ1n) is 3.67. The highest BCUT2D eigenvalue weighted by Gasteiger charge is 2.07. The largest absolute Gasteiger partial charge is 0.341 e. The number of amides is 3. The number of imide groups is 1. The van der Waals surface area contributed by atoms with Gasteiger partial charge < -0.3 is 5.32 Å². The van der Waals surface area contributed by atoms with Crippen molar-refractivity contribution in [3.05, 3.63) is 30.1 Å². The normalized spacial score (nSPS) is 9.00. The zero-order valence-electron chi connectivity index (χ0n) is 7.07. The minimum absolute atomic E-state index is 0.353. The van der Waals surface area contributed by atoms with Gasteiger partial charge in [-0.25, -0.2) is 4.79 Å². The Labute approximate surface area is 75.2 Å². The van der Waals surface area contributed by atoms with Gasteiger partial charge in [-0.1, -0.05) is 0 Å². The van der Waals surface area contributed by atoms with Gasteiger partial charge in [0.2, 0.25) is 0 Å². The van der Waals surface area contributed by atoms with E-state index in [-0.39, 0.29) is 0 Å². The summed E-state index contributed by atoms with van der Waals surface area (Å²) in [6.07, 6.45) is 2.94. The molecule has 0 radical (unpaired) electrons. The molecule has 1 heterocycles. The van der Waals surface area contributed by atoms with E-state index in [0.717, 1.165) is 0 Å². The maximum absolute atomic E-state index is 11.2. The van der Waals surface area contributed by atoms with Crippen molar-refractivity contribution in [3.63, 3.8) is 0 Å². The van der Waals surface area contributed by atoms with Gasteiger partial charge in [0.1, 0.15) is 0 Å². The molecule has 5 heteroatoms. The summed E-state index contributed by atoms with van der Waals surface area (Å²) in [5.74, 6) is -0.465. The number of urea groups is 1. The van der Waals surface area contributed by atoms with E-state index in [1.165, 1.54) is 13.2 Å². The number of nitrogens with one attached hydrogen (secondary N) is 2. The van der Waals surface area contributed by atoms with Crippen molar-refractivity contribution in [1.29, 1.82) is 0 Å². The van der Waals surface area contributed by atoms with Gasteiger partial charge >= 0.3 is 6.03 Å². The molecular formula is C8H9N3O2. The van der Waals surface area contributed by atoms with Gasteiger partial charge in [0.05, 0.1) is 5.56 Å². The second-order valence-corrected chi connectivity index (χ2v) is 2.27. The van der Waals surface area contributed by atoms with Crippen LogP contribution < -0.4 is 10.6 Å². The molecule has 0 saturated carbocycles. The molecular weight excluding hydrogens is 170 g/mol. The Bertz CT molecular complexity index is 310. The molecule has 5 nitrogen and oxygen atoms in total. The SMILES string of the molecule is CNC(=O)NC(=O)c1cccnc1. The highest BCUT2D eigenvalue weighted by Crippen LogP contribution is 1.94. The van der Waals surface area contributed by atoms with E-state index in [4.69, 9.17) is 0 Å². The van der Waals surface area contributed by atoms with E-state index in [0.29, 0.717) is 5.56 Å². The molecule has 0 saturated heterocycles. The van der Waals surface area contributed by atoms with Crippen LogP contribution in [0.25, 0.3) is 0 Å². The second-order valence-electron chi connectivity index (χ2n) is 2.27. The molecule has 0 bridgehead atoms. The average Bonchev–Trinajstić information content (AvgIpc) is 2.19. The molecule has 0 aromatic carbocycles. The second kappa shape index (κ2) is 4.20. The summed E-state index contributed by atoms with van der Waals surface area (Å²) in [4.78, 5) is 25.7. The van der Waals surface area contributed by atoms with Crippen molar-refractivity contribution in [2.24, 2.45) is 0 Å². The molecule has 0 aliphatic rings. The lowest BCUT2D eigenvalue weighted by atomic mass is 10.3. The Hall–Kier alpha value is -1.91. The predicted octanol–water partition coefficient (Wildman–Crippen LogP) is 0.151. The van der Waals surface area contributed by atoms with Gasteiger partial charge in [0, 0.05) is 19.4 Å². The summed E-state index contributed by atoms with van der Waals surface area (Å²) in [5.41, 5.74) is 0.353. The third kappa shape index (κ3) is 2.55. The Balaban J connectivity index is 2.65. The van der Waals surface area contributed by atoms with Crippen molar-refractivity contribution in [2.45, 2.75) is 0 Å². The van der Waals surface area contributed by atoms with Gasteiger partial charge in [-0.15, -0.1) is 0 Å². The zero-order valence-corrected chi connectivity index (χ0v) is 7.07. The van der Waals surface area contributed by atoms with E-state index >= 15 is 0 Å². The Morgan fingerprint density at radius 2 is 2.23 bits per heavy atom. The number of hydrogen-bond donors (Lipinski definition) is 2. The predicted molar refractivity (Wildman–Crippen MR) is 46.2 cm³/mol. The van der Waals surface area contributed by atoms with Crippen LogP contribution in [0.1, 0.15) is 10.4 Å². The van der Waals surface area contributed by atoms with Crippen LogP contribution in [0.3, 0.4) is 0 Å². The van der Waals surface area contributed by atoms with Crippen LogP contribution in [0.5, 0.6) is 0 Å². The number of aromatic nitrogens is 1. The average molecular weight is 179 g/mol. The molecule has 0 fully saturated rings. The first-order valence-corrected chi connectivity index (χ1v) is 3.67. The number of pyridine rings is 1. The topological polar surface area (TPSA) is 71.1 Å². The Kier molecular flexibility index (Phi) is 2.97. The molecule has 13 heavy (non-hydrogen) atoms. The van der Waals surface area contributed by atoms with E-state index in [2.05, 4.69) is 15.6 Å². The van der Waals surface area contributed by atoms with Crippen LogP contribution in [-0.2, 0) is 0 Å². The molecule has 2 N–H and O–H groups in total. The summed E-state index contributed by atoms with van der Waals surface area (Å²) in [6.45, 7) is 0. The van der Waals surface area contributed by atoms with E-state index < -0.39 is 11.9 Å². The number of carbonyl (C=O) groups is 2. The monoisotopic (exact) mass is 179 g/mol. The van der Waals surface area contributed by atoms with Crippen LogP contribution in [0.2, 0.25) is 0 Å². The molecule has 0 atom stereocenters. The molecule has 0 unspecified atom stereocenters. The van der Waals surface area contributed by atoms with Crippen molar-refractivity contribution < 1.29 is 9.59 Å². The maximum atomic E-state index is 11.2. The lowest BCUT2D eigenvalue weighted by Crippen LogP contribution is -2.37. The third-order valence-electron chi connectivity index (χ3n) is 1.38. The van der Waals surface area contributed by atoms with Gasteiger partial charge in [-0.3, -0.25) is 15.1 Å². The van der Waals surface area contributed by atoms with E-state index in [1.54, 1.807) is 18.3 Å². The van der Waals surface area contributed by atoms with E-state index in [1.807, 2.05) is 0 Å². The summed E-state index contributed by atoms with van der Waals surface area (Å²) in [6, 6.07) is 2.66. The zero-order chi connectivity index (χ0) is 9.68. The standard InChI is InChI=1S/C8H9N3O2/c1-9-8(13)11-7(12)6-3-2-4-10-5-6/h2-5H,1H3,(H2,9,11,12,13).